The van der Waals surface area contributed by atoms with E-state index < -0.39 is 35.8 Å². The van der Waals surface area contributed by atoms with Crippen LogP contribution in [0.5, 0.6) is 34.5 Å². The average Bonchev–Trinajstić information content (AvgIpc) is 4.12. The summed E-state index contributed by atoms with van der Waals surface area (Å²) in [5.74, 6) is -1.20. The molecule has 0 bridgehead atoms. The van der Waals surface area contributed by atoms with Gasteiger partial charge in [0.1, 0.15) is 23.0 Å². The summed E-state index contributed by atoms with van der Waals surface area (Å²) in [7, 11) is 0. The number of nitrogens with one attached hydrogen (secondary N) is 1. The van der Waals surface area contributed by atoms with Gasteiger partial charge in [-0.3, -0.25) is 5.43 Å². The molecule has 0 saturated carbocycles. The van der Waals surface area contributed by atoms with Gasteiger partial charge in [-0.2, -0.15) is 5.10 Å². The molecule has 1 aromatic heterocycles. The second kappa shape index (κ2) is 38.8. The molecule has 5 rings (SSSR count). The third-order valence-corrected chi connectivity index (χ3v) is 13.2. The zero-order valence-electron chi connectivity index (χ0n) is 47.5. The lowest BCUT2D eigenvalue weighted by Gasteiger charge is -2.16. The molecule has 0 radical (unpaired) electrons. The maximum Gasteiger partial charge on any atom is 0.343 e. The van der Waals surface area contributed by atoms with Crippen LogP contribution in [0.3, 0.4) is 0 Å². The molecule has 5 aromatic rings. The van der Waals surface area contributed by atoms with Crippen molar-refractivity contribution in [3.8, 4) is 34.5 Å². The van der Waals surface area contributed by atoms with Crippen molar-refractivity contribution in [1.29, 1.82) is 0 Å². The summed E-state index contributed by atoms with van der Waals surface area (Å²) in [6.45, 7) is 16.5. The van der Waals surface area contributed by atoms with Crippen LogP contribution in [0.15, 0.2) is 135 Å². The summed E-state index contributed by atoms with van der Waals surface area (Å²) in [6.07, 6.45) is 18.5. The quantitative estimate of drug-likeness (QED) is 0.00727. The molecule has 0 amide bonds. The van der Waals surface area contributed by atoms with Crippen LogP contribution in [0.2, 0.25) is 0 Å². The van der Waals surface area contributed by atoms with Crippen molar-refractivity contribution >= 4 is 68.7 Å². The highest BCUT2D eigenvalue weighted by Crippen LogP contribution is 2.37. The van der Waals surface area contributed by atoms with Crippen molar-refractivity contribution in [2.24, 2.45) is 5.10 Å². The van der Waals surface area contributed by atoms with Crippen molar-refractivity contribution in [3.05, 3.63) is 146 Å². The average molecular weight is 1170 g/mol. The number of fused-ring (bicyclic) bond motifs is 1. The number of nitrogens with zero attached hydrogens (tertiary/aromatic N) is 2. The Kier molecular flexibility index (Phi) is 30.5. The van der Waals surface area contributed by atoms with E-state index in [2.05, 4.69) is 41.8 Å². The monoisotopic (exact) mass is 1170 g/mol. The van der Waals surface area contributed by atoms with Gasteiger partial charge in [-0.1, -0.05) is 37.7 Å². The number of aromatic nitrogens is 1. The molecule has 0 saturated heterocycles. The number of thiazole rings is 1. The first kappa shape index (κ1) is 66.0. The first-order valence-electron chi connectivity index (χ1n) is 28.2. The number of hydrazone groups is 1. The molecule has 0 spiro atoms. The van der Waals surface area contributed by atoms with Gasteiger partial charge in [0.05, 0.1) is 80.4 Å². The van der Waals surface area contributed by atoms with Crippen LogP contribution in [-0.2, 0) is 38.1 Å². The number of carbonyl (C=O) groups is 6. The lowest BCUT2D eigenvalue weighted by molar-refractivity contribution is -0.138. The van der Waals surface area contributed by atoms with Gasteiger partial charge in [0, 0.05) is 35.9 Å². The lowest BCUT2D eigenvalue weighted by atomic mass is 10.1. The highest BCUT2D eigenvalue weighted by atomic mass is 32.1. The number of unbranched alkanes of at least 4 members (excludes halogenated alkanes) is 12. The molecule has 0 atom stereocenters. The Hall–Kier alpha value is -8.78. The standard InChI is InChI=1S/C64H75N3O16S/c1-5-57(68)78-39-21-13-9-17-35-74-50-29-25-47(26-30-50)62(72)82-53-43-49(46-65-67-64-66-54-34-33-52(45-56(54)84-64)76-37-19-11-15-23-41-80-59(70)7-3)61(55(44-53)77-38-20-12-16-24-42-81-60(71)8-4)83-63(73)48-27-31-51(32-28-48)75-36-18-10-14-22-40-79-58(69)6-2/h5-8,25-34,43-46H,1-4,9-24,35-42H2,(H,66,67)/b65-46+. The van der Waals surface area contributed by atoms with E-state index in [1.165, 1.54) is 29.7 Å². The Morgan fingerprint density at radius 2 is 0.833 bits per heavy atom. The van der Waals surface area contributed by atoms with Gasteiger partial charge in [-0.05, 0) is 176 Å². The summed E-state index contributed by atoms with van der Waals surface area (Å²) in [5.41, 5.74) is 4.38. The molecule has 1 heterocycles. The summed E-state index contributed by atoms with van der Waals surface area (Å²) in [6, 6.07) is 21.7. The minimum absolute atomic E-state index is 0.00104. The Morgan fingerprint density at radius 3 is 1.27 bits per heavy atom. The number of hydrogen-bond donors (Lipinski definition) is 1. The van der Waals surface area contributed by atoms with E-state index >= 15 is 0 Å². The fraction of sp³-hybridized carbons (Fsp3) is 0.375. The molecule has 1 N–H and O–H groups in total. The topological polar surface area (TPSA) is 232 Å². The molecular formula is C64H75N3O16S. The largest absolute Gasteiger partial charge is 0.494 e. The van der Waals surface area contributed by atoms with Crippen LogP contribution in [0.25, 0.3) is 10.2 Å². The van der Waals surface area contributed by atoms with Crippen LogP contribution in [0.1, 0.15) is 129 Å². The minimum Gasteiger partial charge on any atom is -0.494 e. The molecule has 19 nitrogen and oxygen atoms in total. The smallest absolute Gasteiger partial charge is 0.343 e. The number of hydrogen-bond acceptors (Lipinski definition) is 20. The molecule has 448 valence electrons. The predicted molar refractivity (Wildman–Crippen MR) is 321 cm³/mol. The first-order chi connectivity index (χ1) is 41.0. The molecule has 20 heteroatoms. The van der Waals surface area contributed by atoms with E-state index in [9.17, 15) is 28.8 Å². The zero-order valence-corrected chi connectivity index (χ0v) is 48.3. The van der Waals surface area contributed by atoms with Gasteiger partial charge in [0.25, 0.3) is 0 Å². The maximum atomic E-state index is 14.0. The van der Waals surface area contributed by atoms with Crippen LogP contribution in [0, 0.1) is 0 Å². The van der Waals surface area contributed by atoms with Crippen molar-refractivity contribution in [1.82, 2.24) is 4.98 Å². The molecule has 0 fully saturated rings. The zero-order chi connectivity index (χ0) is 60.0. The van der Waals surface area contributed by atoms with Crippen LogP contribution < -0.4 is 33.8 Å². The molecule has 0 unspecified atom stereocenters. The van der Waals surface area contributed by atoms with E-state index in [4.69, 9.17) is 47.4 Å². The van der Waals surface area contributed by atoms with Crippen molar-refractivity contribution in [3.63, 3.8) is 0 Å². The third-order valence-electron chi connectivity index (χ3n) is 12.2. The van der Waals surface area contributed by atoms with E-state index in [1.54, 1.807) is 48.5 Å². The van der Waals surface area contributed by atoms with E-state index in [-0.39, 0.29) is 47.2 Å². The van der Waals surface area contributed by atoms with E-state index in [0.29, 0.717) is 80.4 Å². The predicted octanol–water partition coefficient (Wildman–Crippen LogP) is 12.9. The van der Waals surface area contributed by atoms with Gasteiger partial charge in [-0.25, -0.2) is 33.8 Å². The van der Waals surface area contributed by atoms with Crippen LogP contribution in [0.4, 0.5) is 5.13 Å². The Morgan fingerprint density at radius 1 is 0.440 bits per heavy atom. The van der Waals surface area contributed by atoms with Crippen molar-refractivity contribution in [2.45, 2.75) is 103 Å². The Bertz CT molecular complexity index is 2960. The normalized spacial score (nSPS) is 10.8. The second-order valence-corrected chi connectivity index (χ2v) is 19.8. The summed E-state index contributed by atoms with van der Waals surface area (Å²) in [5, 5.41) is 4.96. The van der Waals surface area contributed by atoms with Gasteiger partial charge in [0.2, 0.25) is 5.13 Å². The number of carbonyl (C=O) groups excluding carboxylic acids is 6. The molecule has 0 aliphatic rings. The van der Waals surface area contributed by atoms with Crippen molar-refractivity contribution in [2.75, 3.05) is 58.3 Å². The van der Waals surface area contributed by atoms with Crippen LogP contribution >= 0.6 is 11.3 Å². The lowest BCUT2D eigenvalue weighted by Crippen LogP contribution is -2.13. The van der Waals surface area contributed by atoms with Crippen molar-refractivity contribution < 1.29 is 76.1 Å². The Labute approximate surface area is 494 Å². The SMILES string of the molecule is C=CC(=O)OCCCCCCOc1ccc(C(=O)Oc2cc(/C=N/Nc3nc4ccc(OCCCCCCOC(=O)C=C)cc4s3)c(OC(=O)c3ccc(OCCCCCCOC(=O)C=C)cc3)c(OCCCCCCOC(=O)C=C)c2)cc1. The Balaban J connectivity index is 1.32. The molecular weight excluding hydrogens is 1100 g/mol. The maximum absolute atomic E-state index is 14.0. The highest BCUT2D eigenvalue weighted by Gasteiger charge is 2.21. The van der Waals surface area contributed by atoms with E-state index in [1.807, 2.05) is 18.2 Å². The van der Waals surface area contributed by atoms with Gasteiger partial charge in [-0.15, -0.1) is 0 Å². The van der Waals surface area contributed by atoms with E-state index in [0.717, 1.165) is 119 Å². The summed E-state index contributed by atoms with van der Waals surface area (Å²) >= 11 is 1.35. The molecule has 0 aliphatic carbocycles. The number of benzene rings is 4. The minimum atomic E-state index is -0.713. The number of ether oxygens (including phenoxy) is 10. The van der Waals surface area contributed by atoms with Gasteiger partial charge >= 0.3 is 35.8 Å². The summed E-state index contributed by atoms with van der Waals surface area (Å²) in [4.78, 5) is 77.8. The number of rotatable bonds is 43. The second-order valence-electron chi connectivity index (χ2n) is 18.7. The van der Waals surface area contributed by atoms with Crippen LogP contribution in [-0.4, -0.2) is 99.9 Å². The first-order valence-corrected chi connectivity index (χ1v) is 29.0. The van der Waals surface area contributed by atoms with Gasteiger partial charge < -0.3 is 47.4 Å². The molecule has 0 aliphatic heterocycles. The van der Waals surface area contributed by atoms with Gasteiger partial charge in [0.15, 0.2) is 11.5 Å². The highest BCUT2D eigenvalue weighted by molar-refractivity contribution is 7.22. The molecule has 84 heavy (non-hydrogen) atoms. The fourth-order valence-electron chi connectivity index (χ4n) is 7.77. The summed E-state index contributed by atoms with van der Waals surface area (Å²) < 4.78 is 57.3. The fourth-order valence-corrected chi connectivity index (χ4v) is 8.61. The third kappa shape index (κ3) is 25.6. The number of anilines is 1. The number of esters is 6. The molecule has 4 aromatic carbocycles.